The first-order chi connectivity index (χ1) is 14.6. The van der Waals surface area contributed by atoms with Gasteiger partial charge in [0.2, 0.25) is 15.9 Å². The Bertz CT molecular complexity index is 1060. The van der Waals surface area contributed by atoms with Crippen LogP contribution in [0.2, 0.25) is 0 Å². The molecule has 1 amide bonds. The molecule has 0 fully saturated rings. The van der Waals surface area contributed by atoms with Crippen molar-refractivity contribution in [2.75, 3.05) is 19.7 Å². The molecular formula is C24H32N2O4S. The van der Waals surface area contributed by atoms with E-state index in [0.717, 1.165) is 45.6 Å². The number of ether oxygens (including phenoxy) is 1. The first-order valence-electron chi connectivity index (χ1n) is 10.7. The highest BCUT2D eigenvalue weighted by Crippen LogP contribution is 2.29. The van der Waals surface area contributed by atoms with E-state index in [1.807, 2.05) is 58.9 Å². The van der Waals surface area contributed by atoms with Gasteiger partial charge in [-0.1, -0.05) is 18.2 Å². The Morgan fingerprint density at radius 2 is 1.61 bits per heavy atom. The molecule has 0 bridgehead atoms. The molecule has 2 aromatic carbocycles. The van der Waals surface area contributed by atoms with E-state index in [2.05, 4.69) is 10.0 Å². The molecule has 1 aliphatic heterocycles. The minimum atomic E-state index is -3.70. The van der Waals surface area contributed by atoms with Crippen LogP contribution < -0.4 is 14.8 Å². The molecule has 0 radical (unpaired) electrons. The number of benzene rings is 2. The van der Waals surface area contributed by atoms with Crippen molar-refractivity contribution in [3.8, 4) is 5.75 Å². The molecule has 2 aromatic rings. The van der Waals surface area contributed by atoms with Crippen molar-refractivity contribution in [1.29, 1.82) is 0 Å². The number of sulfonamides is 1. The number of para-hydroxylation sites is 1. The van der Waals surface area contributed by atoms with Crippen molar-refractivity contribution in [1.82, 2.24) is 10.0 Å². The lowest BCUT2D eigenvalue weighted by molar-refractivity contribution is -0.121. The van der Waals surface area contributed by atoms with Crippen molar-refractivity contribution < 1.29 is 17.9 Å². The second kappa shape index (κ2) is 9.40. The number of nitrogens with one attached hydrogen (secondary N) is 2. The van der Waals surface area contributed by atoms with Gasteiger partial charge in [0, 0.05) is 25.4 Å². The summed E-state index contributed by atoms with van der Waals surface area (Å²) in [5.41, 5.74) is 5.75. The topological polar surface area (TPSA) is 84.5 Å². The van der Waals surface area contributed by atoms with Crippen LogP contribution in [0.4, 0.5) is 0 Å². The zero-order valence-electron chi connectivity index (χ0n) is 19.0. The van der Waals surface area contributed by atoms with Crippen LogP contribution in [0.1, 0.15) is 39.8 Å². The normalized spacial score (nSPS) is 15.8. The van der Waals surface area contributed by atoms with Crippen molar-refractivity contribution in [2.24, 2.45) is 5.92 Å². The van der Waals surface area contributed by atoms with Crippen LogP contribution in [0.5, 0.6) is 5.75 Å². The summed E-state index contributed by atoms with van der Waals surface area (Å²) in [5, 5.41) is 2.90. The predicted molar refractivity (Wildman–Crippen MR) is 122 cm³/mol. The molecule has 1 atom stereocenters. The molecule has 1 aliphatic rings. The number of hydrogen-bond donors (Lipinski definition) is 2. The van der Waals surface area contributed by atoms with Crippen molar-refractivity contribution in [3.05, 3.63) is 57.6 Å². The van der Waals surface area contributed by atoms with Crippen LogP contribution in [0.25, 0.3) is 0 Å². The van der Waals surface area contributed by atoms with Gasteiger partial charge in [0.05, 0.1) is 11.5 Å². The summed E-state index contributed by atoms with van der Waals surface area (Å²) < 4.78 is 34.2. The zero-order valence-corrected chi connectivity index (χ0v) is 19.8. The lowest BCUT2D eigenvalue weighted by Gasteiger charge is -2.25. The summed E-state index contributed by atoms with van der Waals surface area (Å²) in [6, 6.07) is 7.92. The minimum absolute atomic E-state index is 0.0586. The van der Waals surface area contributed by atoms with E-state index < -0.39 is 10.0 Å². The first-order valence-corrected chi connectivity index (χ1v) is 12.1. The van der Waals surface area contributed by atoms with E-state index in [9.17, 15) is 13.2 Å². The van der Waals surface area contributed by atoms with Crippen LogP contribution in [-0.4, -0.2) is 34.0 Å². The van der Waals surface area contributed by atoms with Crippen molar-refractivity contribution in [3.63, 3.8) is 0 Å². The summed E-state index contributed by atoms with van der Waals surface area (Å²) in [6.07, 6.45) is 0.944. The van der Waals surface area contributed by atoms with Crippen LogP contribution in [0, 0.1) is 40.5 Å². The lowest BCUT2D eigenvalue weighted by Crippen LogP contribution is -2.36. The fourth-order valence-electron chi connectivity index (χ4n) is 4.11. The molecule has 31 heavy (non-hydrogen) atoms. The predicted octanol–water partition coefficient (Wildman–Crippen LogP) is 3.26. The summed E-state index contributed by atoms with van der Waals surface area (Å²) in [6.45, 7) is 10.7. The van der Waals surface area contributed by atoms with Gasteiger partial charge < -0.3 is 10.1 Å². The molecule has 1 unspecified atom stereocenters. The molecule has 6 nitrogen and oxygen atoms in total. The largest absolute Gasteiger partial charge is 0.493 e. The Morgan fingerprint density at radius 3 is 2.29 bits per heavy atom. The van der Waals surface area contributed by atoms with Gasteiger partial charge in [-0.3, -0.25) is 4.79 Å². The van der Waals surface area contributed by atoms with Crippen LogP contribution in [0.15, 0.2) is 29.2 Å². The molecule has 0 spiro atoms. The minimum Gasteiger partial charge on any atom is -0.493 e. The average molecular weight is 445 g/mol. The molecule has 0 saturated heterocycles. The summed E-state index contributed by atoms with van der Waals surface area (Å²) in [5.74, 6) is 0.942. The van der Waals surface area contributed by atoms with Crippen LogP contribution in [-0.2, 0) is 21.2 Å². The van der Waals surface area contributed by atoms with Gasteiger partial charge in [-0.2, -0.15) is 0 Å². The molecule has 2 N–H and O–H groups in total. The van der Waals surface area contributed by atoms with Crippen LogP contribution in [0.3, 0.4) is 0 Å². The highest BCUT2D eigenvalue weighted by atomic mass is 32.2. The zero-order chi connectivity index (χ0) is 22.8. The number of fused-ring (bicyclic) bond motifs is 1. The molecule has 3 rings (SSSR count). The molecular weight excluding hydrogens is 412 g/mol. The number of carbonyl (C=O) groups excluding carboxylic acids is 1. The molecule has 168 valence electrons. The smallest absolute Gasteiger partial charge is 0.241 e. The van der Waals surface area contributed by atoms with Crippen molar-refractivity contribution >= 4 is 15.9 Å². The first kappa shape index (κ1) is 23.3. The van der Waals surface area contributed by atoms with Gasteiger partial charge in [-0.25, -0.2) is 13.1 Å². The van der Waals surface area contributed by atoms with Gasteiger partial charge in [0.15, 0.2) is 0 Å². The fourth-order valence-corrected chi connectivity index (χ4v) is 5.74. The van der Waals surface area contributed by atoms with E-state index in [0.29, 0.717) is 18.0 Å². The Labute approximate surface area is 185 Å². The maximum atomic E-state index is 12.9. The van der Waals surface area contributed by atoms with Gasteiger partial charge in [0.1, 0.15) is 5.75 Å². The number of amides is 1. The third-order valence-electron chi connectivity index (χ3n) is 6.39. The summed E-state index contributed by atoms with van der Waals surface area (Å²) in [7, 11) is -3.70. The second-order valence-electron chi connectivity index (χ2n) is 8.39. The Hall–Kier alpha value is -2.38. The van der Waals surface area contributed by atoms with Gasteiger partial charge in [0.25, 0.3) is 0 Å². The van der Waals surface area contributed by atoms with E-state index in [4.69, 9.17) is 4.74 Å². The quantitative estimate of drug-likeness (QED) is 0.687. The summed E-state index contributed by atoms with van der Waals surface area (Å²) >= 11 is 0. The second-order valence-corrected chi connectivity index (χ2v) is 10.1. The Kier molecular flexibility index (Phi) is 7.06. The van der Waals surface area contributed by atoms with E-state index in [-0.39, 0.29) is 24.8 Å². The van der Waals surface area contributed by atoms with Gasteiger partial charge in [-0.15, -0.1) is 0 Å². The number of rotatable bonds is 7. The summed E-state index contributed by atoms with van der Waals surface area (Å²) in [4.78, 5) is 12.6. The third-order valence-corrected chi connectivity index (χ3v) is 8.12. The van der Waals surface area contributed by atoms with E-state index in [1.54, 1.807) is 0 Å². The number of hydrogen-bond acceptors (Lipinski definition) is 4. The fraction of sp³-hybridized carbons (Fsp3) is 0.458. The molecule has 0 saturated carbocycles. The van der Waals surface area contributed by atoms with Gasteiger partial charge in [-0.05, 0) is 80.5 Å². The monoisotopic (exact) mass is 444 g/mol. The molecule has 7 heteroatoms. The standard InChI is InChI=1S/C24H32N2O4S/c1-15-16(2)18(4)24(19(5)17(15)3)31(28,29)26-11-10-23(27)25-13-20-12-21-8-6-7-9-22(21)30-14-20/h6-9,20,26H,10-14H2,1-5H3,(H,25,27). The SMILES string of the molecule is Cc1c(C)c(C)c(S(=O)(=O)NCCC(=O)NCC2COc3ccccc3C2)c(C)c1C. The van der Waals surface area contributed by atoms with Gasteiger partial charge >= 0.3 is 0 Å². The van der Waals surface area contributed by atoms with Crippen molar-refractivity contribution in [2.45, 2.75) is 52.4 Å². The highest BCUT2D eigenvalue weighted by Gasteiger charge is 2.24. The number of carbonyl (C=O) groups is 1. The lowest BCUT2D eigenvalue weighted by atomic mass is 9.95. The van der Waals surface area contributed by atoms with E-state index in [1.165, 1.54) is 0 Å². The molecule has 0 aliphatic carbocycles. The Morgan fingerprint density at radius 1 is 1.00 bits per heavy atom. The molecule has 1 heterocycles. The Balaban J connectivity index is 1.53. The van der Waals surface area contributed by atoms with Crippen LogP contribution >= 0.6 is 0 Å². The third kappa shape index (κ3) is 5.10. The maximum absolute atomic E-state index is 12.9. The highest BCUT2D eigenvalue weighted by molar-refractivity contribution is 7.89. The average Bonchev–Trinajstić information content (AvgIpc) is 2.74. The van der Waals surface area contributed by atoms with E-state index >= 15 is 0 Å². The maximum Gasteiger partial charge on any atom is 0.241 e. The molecule has 0 aromatic heterocycles.